The summed E-state index contributed by atoms with van der Waals surface area (Å²) in [6.45, 7) is 3.72. The fourth-order valence-electron chi connectivity index (χ4n) is 3.90. The molecule has 142 valence electrons. The first-order chi connectivity index (χ1) is 13.2. The summed E-state index contributed by atoms with van der Waals surface area (Å²) < 4.78 is 1.54. The number of piperidine rings is 1. The summed E-state index contributed by atoms with van der Waals surface area (Å²) in [6, 6.07) is 9.77. The van der Waals surface area contributed by atoms with Gasteiger partial charge in [-0.05, 0) is 25.0 Å². The van der Waals surface area contributed by atoms with E-state index in [2.05, 4.69) is 15.2 Å². The number of anilines is 1. The maximum absolute atomic E-state index is 13.0. The van der Waals surface area contributed by atoms with Crippen molar-refractivity contribution in [1.29, 1.82) is 0 Å². The summed E-state index contributed by atoms with van der Waals surface area (Å²) in [6.07, 6.45) is 5.14. The highest BCUT2D eigenvalue weighted by atomic mass is 16.2. The molecule has 2 amide bonds. The average Bonchev–Trinajstić information content (AvgIpc) is 3.22. The molecule has 1 unspecified atom stereocenters. The first kappa shape index (κ1) is 17.7. The topological polar surface area (TPSA) is 74.6 Å². The standard InChI is InChI=1S/C19H24N6O2/c26-18(15-24-10-8-20-21-24)23-13-11-22(12-14-23)17-7-4-9-25(19(17)27)16-5-2-1-3-6-16/h1-3,5-6,8,10,17H,4,7,9,11-15H2. The smallest absolute Gasteiger partial charge is 0.244 e. The third-order valence-corrected chi connectivity index (χ3v) is 5.36. The lowest BCUT2D eigenvalue weighted by Crippen LogP contribution is -2.58. The summed E-state index contributed by atoms with van der Waals surface area (Å²) >= 11 is 0. The molecule has 2 aliphatic rings. The number of benzene rings is 1. The number of carbonyl (C=O) groups is 2. The maximum atomic E-state index is 13.0. The molecule has 3 heterocycles. The van der Waals surface area contributed by atoms with E-state index in [1.807, 2.05) is 40.1 Å². The van der Waals surface area contributed by atoms with Crippen molar-refractivity contribution >= 4 is 17.5 Å². The van der Waals surface area contributed by atoms with Crippen LogP contribution in [0.1, 0.15) is 12.8 Å². The molecule has 0 spiro atoms. The summed E-state index contributed by atoms with van der Waals surface area (Å²) in [4.78, 5) is 31.4. The summed E-state index contributed by atoms with van der Waals surface area (Å²) in [5, 5.41) is 7.57. The third kappa shape index (κ3) is 3.85. The van der Waals surface area contributed by atoms with E-state index < -0.39 is 0 Å². The lowest BCUT2D eigenvalue weighted by atomic mass is 10.0. The number of piperazine rings is 1. The number of carbonyl (C=O) groups excluding carboxylic acids is 2. The lowest BCUT2D eigenvalue weighted by molar-refractivity contribution is -0.135. The van der Waals surface area contributed by atoms with Crippen molar-refractivity contribution in [3.05, 3.63) is 42.7 Å². The Bertz CT molecular complexity index is 771. The molecule has 0 radical (unpaired) electrons. The van der Waals surface area contributed by atoms with Crippen molar-refractivity contribution in [2.45, 2.75) is 25.4 Å². The second-order valence-electron chi connectivity index (χ2n) is 7.00. The third-order valence-electron chi connectivity index (χ3n) is 5.36. The first-order valence-corrected chi connectivity index (χ1v) is 9.45. The van der Waals surface area contributed by atoms with Crippen molar-refractivity contribution in [3.63, 3.8) is 0 Å². The SMILES string of the molecule is O=C(Cn1ccnn1)N1CCN(C2CCCN(c3ccccc3)C2=O)CC1. The molecule has 1 atom stereocenters. The van der Waals surface area contributed by atoms with Gasteiger partial charge in [-0.15, -0.1) is 5.10 Å². The summed E-state index contributed by atoms with van der Waals surface area (Å²) in [5.41, 5.74) is 0.967. The molecule has 0 bridgehead atoms. The van der Waals surface area contributed by atoms with Gasteiger partial charge in [-0.25, -0.2) is 4.68 Å². The Balaban J connectivity index is 1.35. The van der Waals surface area contributed by atoms with Gasteiger partial charge >= 0.3 is 0 Å². The van der Waals surface area contributed by atoms with Crippen molar-refractivity contribution in [3.8, 4) is 0 Å². The fourth-order valence-corrected chi connectivity index (χ4v) is 3.90. The molecule has 2 aliphatic heterocycles. The highest BCUT2D eigenvalue weighted by Gasteiger charge is 2.35. The van der Waals surface area contributed by atoms with E-state index in [0.29, 0.717) is 13.1 Å². The quantitative estimate of drug-likeness (QED) is 0.791. The summed E-state index contributed by atoms with van der Waals surface area (Å²) in [7, 11) is 0. The number of hydrogen-bond acceptors (Lipinski definition) is 5. The minimum atomic E-state index is -0.0912. The van der Waals surface area contributed by atoms with Gasteiger partial charge in [0.25, 0.3) is 0 Å². The molecule has 0 N–H and O–H groups in total. The Morgan fingerprint density at radius 3 is 2.56 bits per heavy atom. The molecule has 2 fully saturated rings. The molecule has 1 aromatic carbocycles. The number of para-hydroxylation sites is 1. The van der Waals surface area contributed by atoms with E-state index in [4.69, 9.17) is 0 Å². The van der Waals surface area contributed by atoms with Crippen LogP contribution in [0.4, 0.5) is 5.69 Å². The number of amides is 2. The van der Waals surface area contributed by atoms with E-state index in [1.165, 1.54) is 4.68 Å². The van der Waals surface area contributed by atoms with Crippen LogP contribution in [0.5, 0.6) is 0 Å². The second kappa shape index (κ2) is 7.87. The van der Waals surface area contributed by atoms with Crippen LogP contribution in [0.2, 0.25) is 0 Å². The second-order valence-corrected chi connectivity index (χ2v) is 7.00. The Hall–Kier alpha value is -2.74. The van der Waals surface area contributed by atoms with Gasteiger partial charge in [0, 0.05) is 44.6 Å². The summed E-state index contributed by atoms with van der Waals surface area (Å²) in [5.74, 6) is 0.218. The number of rotatable bonds is 4. The Kier molecular flexibility index (Phi) is 5.15. The molecule has 0 saturated carbocycles. The number of aromatic nitrogens is 3. The first-order valence-electron chi connectivity index (χ1n) is 9.45. The van der Waals surface area contributed by atoms with E-state index >= 15 is 0 Å². The molecular formula is C19H24N6O2. The zero-order valence-electron chi connectivity index (χ0n) is 15.3. The van der Waals surface area contributed by atoms with Crippen molar-refractivity contribution in [2.24, 2.45) is 0 Å². The molecule has 8 nitrogen and oxygen atoms in total. The fraction of sp³-hybridized carbons (Fsp3) is 0.474. The minimum Gasteiger partial charge on any atom is -0.339 e. The molecule has 2 saturated heterocycles. The van der Waals surface area contributed by atoms with E-state index in [1.54, 1.807) is 12.4 Å². The molecule has 27 heavy (non-hydrogen) atoms. The van der Waals surface area contributed by atoms with Gasteiger partial charge in [0.2, 0.25) is 11.8 Å². The van der Waals surface area contributed by atoms with Gasteiger partial charge in [0.05, 0.1) is 12.2 Å². The van der Waals surface area contributed by atoms with Crippen LogP contribution >= 0.6 is 0 Å². The van der Waals surface area contributed by atoms with Gasteiger partial charge in [-0.3, -0.25) is 14.5 Å². The van der Waals surface area contributed by atoms with Gasteiger partial charge in [0.15, 0.2) is 0 Å². The Morgan fingerprint density at radius 1 is 1.07 bits per heavy atom. The Morgan fingerprint density at radius 2 is 1.85 bits per heavy atom. The molecule has 4 rings (SSSR count). The molecule has 0 aliphatic carbocycles. The monoisotopic (exact) mass is 368 g/mol. The van der Waals surface area contributed by atoms with E-state index in [9.17, 15) is 9.59 Å². The average molecular weight is 368 g/mol. The Labute approximate surface area is 158 Å². The van der Waals surface area contributed by atoms with Crippen molar-refractivity contribution in [2.75, 3.05) is 37.6 Å². The van der Waals surface area contributed by atoms with Gasteiger partial charge in [-0.2, -0.15) is 0 Å². The van der Waals surface area contributed by atoms with Gasteiger partial charge in [0.1, 0.15) is 6.54 Å². The number of nitrogens with zero attached hydrogens (tertiary/aromatic N) is 6. The normalized spacial score (nSPS) is 21.5. The van der Waals surface area contributed by atoms with Crippen LogP contribution in [0.3, 0.4) is 0 Å². The largest absolute Gasteiger partial charge is 0.339 e. The molecule has 2 aromatic rings. The lowest BCUT2D eigenvalue weighted by Gasteiger charge is -2.42. The highest BCUT2D eigenvalue weighted by Crippen LogP contribution is 2.24. The van der Waals surface area contributed by atoms with E-state index in [0.717, 1.165) is 38.2 Å². The predicted molar refractivity (Wildman–Crippen MR) is 100.0 cm³/mol. The zero-order chi connectivity index (χ0) is 18.6. The van der Waals surface area contributed by atoms with Crippen LogP contribution in [0.15, 0.2) is 42.7 Å². The van der Waals surface area contributed by atoms with Crippen LogP contribution in [0.25, 0.3) is 0 Å². The minimum absolute atomic E-state index is 0.0426. The highest BCUT2D eigenvalue weighted by molar-refractivity contribution is 5.97. The molecular weight excluding hydrogens is 344 g/mol. The van der Waals surface area contributed by atoms with Crippen LogP contribution in [-0.2, 0) is 16.1 Å². The van der Waals surface area contributed by atoms with Crippen molar-refractivity contribution in [1.82, 2.24) is 24.8 Å². The van der Waals surface area contributed by atoms with Gasteiger partial charge in [-0.1, -0.05) is 23.4 Å². The van der Waals surface area contributed by atoms with E-state index in [-0.39, 0.29) is 24.4 Å². The molecule has 8 heteroatoms. The van der Waals surface area contributed by atoms with Crippen molar-refractivity contribution < 1.29 is 9.59 Å². The number of hydrogen-bond donors (Lipinski definition) is 0. The maximum Gasteiger partial charge on any atom is 0.244 e. The predicted octanol–water partition coefficient (Wildman–Crippen LogP) is 0.618. The van der Waals surface area contributed by atoms with Gasteiger partial charge < -0.3 is 9.80 Å². The zero-order valence-corrected chi connectivity index (χ0v) is 15.3. The van der Waals surface area contributed by atoms with Crippen LogP contribution in [0, 0.1) is 0 Å². The van der Waals surface area contributed by atoms with Crippen LogP contribution < -0.4 is 4.90 Å². The van der Waals surface area contributed by atoms with Crippen LogP contribution in [-0.4, -0.2) is 75.4 Å². The molecule has 1 aromatic heterocycles.